The Balaban J connectivity index is 1.86. The predicted molar refractivity (Wildman–Crippen MR) is 94.0 cm³/mol. The van der Waals surface area contributed by atoms with Crippen LogP contribution < -0.4 is 0 Å². The number of carbonyl (C=O) groups is 1. The zero-order valence-electron chi connectivity index (χ0n) is 12.5. The maximum absolute atomic E-state index is 12.9. The van der Waals surface area contributed by atoms with Crippen molar-refractivity contribution in [3.63, 3.8) is 0 Å². The molecule has 112 valence electrons. The number of benzene rings is 1. The topological polar surface area (TPSA) is 45.8 Å². The highest BCUT2D eigenvalue weighted by Gasteiger charge is 2.17. The Morgan fingerprint density at radius 3 is 2.78 bits per heavy atom. The number of aromatic nitrogens is 2. The van der Waals surface area contributed by atoms with Crippen LogP contribution in [-0.4, -0.2) is 15.8 Å². The molecule has 4 rings (SSSR count). The van der Waals surface area contributed by atoms with Crippen LogP contribution in [0.4, 0.5) is 0 Å². The van der Waals surface area contributed by atoms with Gasteiger partial charge in [-0.2, -0.15) is 11.3 Å². The van der Waals surface area contributed by atoms with Gasteiger partial charge in [0, 0.05) is 34.5 Å². The molecule has 0 radical (unpaired) electrons. The molecule has 23 heavy (non-hydrogen) atoms. The van der Waals surface area contributed by atoms with Gasteiger partial charge in [-0.25, -0.2) is 4.98 Å². The summed E-state index contributed by atoms with van der Waals surface area (Å²) in [5.74, 6) is 0.0265. The van der Waals surface area contributed by atoms with Gasteiger partial charge in [0.1, 0.15) is 5.65 Å². The monoisotopic (exact) mass is 318 g/mol. The van der Waals surface area contributed by atoms with E-state index in [0.717, 1.165) is 33.3 Å². The minimum atomic E-state index is 0.0265. The van der Waals surface area contributed by atoms with Crippen LogP contribution in [0.2, 0.25) is 0 Å². The number of hydrogen-bond acceptors (Lipinski definition) is 3. The maximum Gasteiger partial charge on any atom is 0.195 e. The molecule has 0 amide bonds. The summed E-state index contributed by atoms with van der Waals surface area (Å²) in [5.41, 5.74) is 5.26. The minimum Gasteiger partial charge on any atom is -0.345 e. The van der Waals surface area contributed by atoms with E-state index >= 15 is 0 Å². The molecule has 4 aromatic rings. The summed E-state index contributed by atoms with van der Waals surface area (Å²) >= 11 is 1.65. The molecule has 0 aliphatic rings. The van der Waals surface area contributed by atoms with E-state index in [1.165, 1.54) is 0 Å². The quantitative estimate of drug-likeness (QED) is 0.550. The van der Waals surface area contributed by atoms with Gasteiger partial charge in [0.15, 0.2) is 5.78 Å². The third-order valence-electron chi connectivity index (χ3n) is 4.02. The number of thiophene rings is 1. The van der Waals surface area contributed by atoms with Crippen molar-refractivity contribution in [3.8, 4) is 11.1 Å². The first-order chi connectivity index (χ1) is 11.2. The van der Waals surface area contributed by atoms with Crippen LogP contribution in [0, 0.1) is 6.92 Å². The molecule has 0 aliphatic carbocycles. The second kappa shape index (κ2) is 5.48. The fraction of sp³-hybridized carbons (Fsp3) is 0.0526. The van der Waals surface area contributed by atoms with Crippen molar-refractivity contribution < 1.29 is 4.79 Å². The zero-order valence-corrected chi connectivity index (χ0v) is 13.4. The molecule has 1 N–H and O–H groups in total. The highest BCUT2D eigenvalue weighted by Crippen LogP contribution is 2.27. The number of fused-ring (bicyclic) bond motifs is 1. The van der Waals surface area contributed by atoms with Gasteiger partial charge in [-0.15, -0.1) is 0 Å². The second-order valence-corrected chi connectivity index (χ2v) is 6.26. The fourth-order valence-corrected chi connectivity index (χ4v) is 3.42. The molecular formula is C19H14N2OS. The second-order valence-electron chi connectivity index (χ2n) is 5.48. The first-order valence-electron chi connectivity index (χ1n) is 7.34. The minimum absolute atomic E-state index is 0.0265. The van der Waals surface area contributed by atoms with Crippen molar-refractivity contribution in [1.29, 1.82) is 0 Å². The van der Waals surface area contributed by atoms with E-state index in [2.05, 4.69) is 21.4 Å². The van der Waals surface area contributed by atoms with Crippen LogP contribution in [0.5, 0.6) is 0 Å². The number of rotatable bonds is 3. The van der Waals surface area contributed by atoms with E-state index < -0.39 is 0 Å². The molecule has 0 saturated carbocycles. The highest BCUT2D eigenvalue weighted by molar-refractivity contribution is 7.08. The van der Waals surface area contributed by atoms with Crippen LogP contribution in [0.15, 0.2) is 59.6 Å². The highest BCUT2D eigenvalue weighted by atomic mass is 32.1. The van der Waals surface area contributed by atoms with E-state index in [0.29, 0.717) is 5.56 Å². The number of pyridine rings is 1. The Kier molecular flexibility index (Phi) is 3.32. The summed E-state index contributed by atoms with van der Waals surface area (Å²) in [6.45, 7) is 1.96. The predicted octanol–water partition coefficient (Wildman–Crippen LogP) is 4.83. The molecule has 0 atom stereocenters. The third kappa shape index (κ3) is 2.37. The summed E-state index contributed by atoms with van der Waals surface area (Å²) < 4.78 is 0. The molecule has 0 fully saturated rings. The largest absolute Gasteiger partial charge is 0.345 e. The SMILES string of the molecule is Cc1ccccc1C(=O)c1c[nH]c2ncc(-c3ccsc3)cc12. The number of nitrogens with zero attached hydrogens (tertiary/aromatic N) is 1. The fourth-order valence-electron chi connectivity index (χ4n) is 2.75. The lowest BCUT2D eigenvalue weighted by atomic mass is 9.98. The normalized spacial score (nSPS) is 11.0. The van der Waals surface area contributed by atoms with Crippen molar-refractivity contribution in [3.05, 3.63) is 76.2 Å². The van der Waals surface area contributed by atoms with Gasteiger partial charge in [-0.1, -0.05) is 24.3 Å². The molecule has 0 spiro atoms. The lowest BCUT2D eigenvalue weighted by Gasteiger charge is -2.04. The van der Waals surface area contributed by atoms with Gasteiger partial charge in [0.25, 0.3) is 0 Å². The first-order valence-corrected chi connectivity index (χ1v) is 8.28. The van der Waals surface area contributed by atoms with Gasteiger partial charge in [-0.3, -0.25) is 4.79 Å². The Labute approximate surface area is 137 Å². The summed E-state index contributed by atoms with van der Waals surface area (Å²) in [6, 6.07) is 11.8. The number of nitrogens with one attached hydrogen (secondary N) is 1. The molecule has 3 heterocycles. The molecule has 3 aromatic heterocycles. The van der Waals surface area contributed by atoms with Gasteiger partial charge in [-0.05, 0) is 40.9 Å². The van der Waals surface area contributed by atoms with Crippen LogP contribution in [0.25, 0.3) is 22.2 Å². The smallest absolute Gasteiger partial charge is 0.195 e. The Morgan fingerprint density at radius 1 is 1.13 bits per heavy atom. The van der Waals surface area contributed by atoms with Crippen molar-refractivity contribution in [1.82, 2.24) is 9.97 Å². The summed E-state index contributed by atoms with van der Waals surface area (Å²) in [6.07, 6.45) is 3.59. The number of aryl methyl sites for hydroxylation is 1. The van der Waals surface area contributed by atoms with Crippen molar-refractivity contribution in [2.75, 3.05) is 0 Å². The summed E-state index contributed by atoms with van der Waals surface area (Å²) in [5, 5.41) is 4.98. The molecule has 3 nitrogen and oxygen atoms in total. The van der Waals surface area contributed by atoms with Crippen molar-refractivity contribution >= 4 is 28.2 Å². The molecular weight excluding hydrogens is 304 g/mol. The Hall–Kier alpha value is -2.72. The number of aromatic amines is 1. The molecule has 0 bridgehead atoms. The van der Waals surface area contributed by atoms with E-state index in [4.69, 9.17) is 0 Å². The first kappa shape index (κ1) is 13.9. The number of H-pyrrole nitrogens is 1. The maximum atomic E-state index is 12.9. The van der Waals surface area contributed by atoms with Crippen molar-refractivity contribution in [2.24, 2.45) is 0 Å². The van der Waals surface area contributed by atoms with Crippen LogP contribution in [0.3, 0.4) is 0 Å². The number of ketones is 1. The van der Waals surface area contributed by atoms with E-state index in [9.17, 15) is 4.79 Å². The summed E-state index contributed by atoms with van der Waals surface area (Å²) in [4.78, 5) is 20.4. The van der Waals surface area contributed by atoms with Gasteiger partial charge in [0.05, 0.1) is 0 Å². The third-order valence-corrected chi connectivity index (χ3v) is 4.70. The average molecular weight is 318 g/mol. The molecule has 0 saturated heterocycles. The zero-order chi connectivity index (χ0) is 15.8. The van der Waals surface area contributed by atoms with E-state index in [1.807, 2.05) is 48.8 Å². The molecule has 4 heteroatoms. The number of carbonyl (C=O) groups excluding carboxylic acids is 1. The Morgan fingerprint density at radius 2 is 2.00 bits per heavy atom. The van der Waals surface area contributed by atoms with Gasteiger partial charge in [0.2, 0.25) is 0 Å². The van der Waals surface area contributed by atoms with E-state index in [1.54, 1.807) is 17.5 Å². The molecule has 0 aliphatic heterocycles. The van der Waals surface area contributed by atoms with E-state index in [-0.39, 0.29) is 5.78 Å². The standard InChI is InChI=1S/C19H14N2OS/c1-12-4-2-3-5-15(12)18(22)17-10-21-19-16(17)8-14(9-20-19)13-6-7-23-11-13/h2-11H,1H3,(H,20,21). The number of hydrogen-bond donors (Lipinski definition) is 1. The molecule has 0 unspecified atom stereocenters. The summed E-state index contributed by atoms with van der Waals surface area (Å²) in [7, 11) is 0. The van der Waals surface area contributed by atoms with Gasteiger partial charge >= 0.3 is 0 Å². The lowest BCUT2D eigenvalue weighted by Crippen LogP contribution is -2.02. The van der Waals surface area contributed by atoms with Crippen molar-refractivity contribution in [2.45, 2.75) is 6.92 Å². The van der Waals surface area contributed by atoms with Crippen LogP contribution in [-0.2, 0) is 0 Å². The van der Waals surface area contributed by atoms with Crippen LogP contribution in [0.1, 0.15) is 21.5 Å². The lowest BCUT2D eigenvalue weighted by molar-refractivity contribution is 0.104. The van der Waals surface area contributed by atoms with Gasteiger partial charge < -0.3 is 4.98 Å². The Bertz CT molecular complexity index is 999. The van der Waals surface area contributed by atoms with Crippen LogP contribution >= 0.6 is 11.3 Å². The molecule has 1 aromatic carbocycles. The average Bonchev–Trinajstić information content (AvgIpc) is 3.24.